The van der Waals surface area contributed by atoms with Crippen molar-refractivity contribution in [2.24, 2.45) is 0 Å². The fourth-order valence-electron chi connectivity index (χ4n) is 1.84. The summed E-state index contributed by atoms with van der Waals surface area (Å²) in [5.74, 6) is -0.0106. The second-order valence-corrected chi connectivity index (χ2v) is 4.44. The van der Waals surface area contributed by atoms with Gasteiger partial charge in [-0.05, 0) is 50.2 Å². The minimum atomic E-state index is -0.0106. The summed E-state index contributed by atoms with van der Waals surface area (Å²) in [4.78, 5) is 11.8. The summed E-state index contributed by atoms with van der Waals surface area (Å²) in [5.41, 5.74) is 0.669. The molecule has 0 bridgehead atoms. The number of hydrogen-bond acceptors (Lipinski definition) is 2. The van der Waals surface area contributed by atoms with Gasteiger partial charge in [0, 0.05) is 16.6 Å². The summed E-state index contributed by atoms with van der Waals surface area (Å²) >= 11 is 5.77. The van der Waals surface area contributed by atoms with E-state index in [1.54, 1.807) is 24.3 Å². The molecular formula is C12H16Cl2N2O. The van der Waals surface area contributed by atoms with Crippen LogP contribution in [0.25, 0.3) is 0 Å². The van der Waals surface area contributed by atoms with Gasteiger partial charge < -0.3 is 10.6 Å². The largest absolute Gasteiger partial charge is 0.349 e. The Morgan fingerprint density at radius 3 is 2.41 bits per heavy atom. The van der Waals surface area contributed by atoms with Crippen LogP contribution in [-0.4, -0.2) is 25.0 Å². The lowest BCUT2D eigenvalue weighted by Crippen LogP contribution is -2.42. The quantitative estimate of drug-likeness (QED) is 0.869. The molecule has 1 aliphatic heterocycles. The summed E-state index contributed by atoms with van der Waals surface area (Å²) in [6.45, 7) is 1.96. The molecule has 1 saturated heterocycles. The molecule has 1 aromatic rings. The van der Waals surface area contributed by atoms with Crippen LogP contribution in [0, 0.1) is 0 Å². The van der Waals surface area contributed by atoms with Gasteiger partial charge in [-0.15, -0.1) is 12.4 Å². The number of hydrogen-bond donors (Lipinski definition) is 2. The Morgan fingerprint density at radius 1 is 1.24 bits per heavy atom. The molecule has 94 valence electrons. The number of piperidine rings is 1. The summed E-state index contributed by atoms with van der Waals surface area (Å²) in [6.07, 6.45) is 2.00. The zero-order valence-corrected chi connectivity index (χ0v) is 11.0. The third-order valence-electron chi connectivity index (χ3n) is 2.78. The molecule has 1 amide bonds. The molecular weight excluding hydrogens is 259 g/mol. The van der Waals surface area contributed by atoms with Crippen molar-refractivity contribution in [3.63, 3.8) is 0 Å². The fourth-order valence-corrected chi connectivity index (χ4v) is 1.96. The van der Waals surface area contributed by atoms with Crippen molar-refractivity contribution in [1.82, 2.24) is 10.6 Å². The summed E-state index contributed by atoms with van der Waals surface area (Å²) < 4.78 is 0. The lowest BCUT2D eigenvalue weighted by atomic mass is 10.1. The van der Waals surface area contributed by atoms with Gasteiger partial charge in [0.15, 0.2) is 0 Å². The summed E-state index contributed by atoms with van der Waals surface area (Å²) in [6, 6.07) is 7.26. The molecule has 17 heavy (non-hydrogen) atoms. The van der Waals surface area contributed by atoms with E-state index in [0.29, 0.717) is 16.6 Å². The molecule has 1 heterocycles. The number of nitrogens with one attached hydrogen (secondary N) is 2. The van der Waals surface area contributed by atoms with Crippen molar-refractivity contribution in [3.05, 3.63) is 34.9 Å². The Labute approximate surface area is 112 Å². The topological polar surface area (TPSA) is 41.1 Å². The SMILES string of the molecule is Cl.O=C(NC1CCNCC1)c1ccc(Cl)cc1. The van der Waals surface area contributed by atoms with Gasteiger partial charge in [0.2, 0.25) is 0 Å². The van der Waals surface area contributed by atoms with Crippen molar-refractivity contribution in [1.29, 1.82) is 0 Å². The second-order valence-electron chi connectivity index (χ2n) is 4.00. The highest BCUT2D eigenvalue weighted by Crippen LogP contribution is 2.10. The van der Waals surface area contributed by atoms with Crippen LogP contribution in [0.15, 0.2) is 24.3 Å². The zero-order valence-electron chi connectivity index (χ0n) is 9.41. The highest BCUT2D eigenvalue weighted by molar-refractivity contribution is 6.30. The monoisotopic (exact) mass is 274 g/mol. The van der Waals surface area contributed by atoms with Gasteiger partial charge in [-0.2, -0.15) is 0 Å². The molecule has 0 aliphatic carbocycles. The van der Waals surface area contributed by atoms with E-state index >= 15 is 0 Å². The van der Waals surface area contributed by atoms with Crippen LogP contribution in [0.1, 0.15) is 23.2 Å². The van der Waals surface area contributed by atoms with Gasteiger partial charge in [0.25, 0.3) is 5.91 Å². The van der Waals surface area contributed by atoms with Gasteiger partial charge in [0.1, 0.15) is 0 Å². The normalized spacial score (nSPS) is 16.1. The minimum Gasteiger partial charge on any atom is -0.349 e. The first-order valence-corrected chi connectivity index (χ1v) is 5.90. The first-order chi connectivity index (χ1) is 7.75. The van der Waals surface area contributed by atoms with E-state index in [9.17, 15) is 4.79 Å². The molecule has 0 aromatic heterocycles. The predicted molar refractivity (Wildman–Crippen MR) is 72.1 cm³/mol. The average molecular weight is 275 g/mol. The zero-order chi connectivity index (χ0) is 11.4. The van der Waals surface area contributed by atoms with Crippen molar-refractivity contribution in [3.8, 4) is 0 Å². The third kappa shape index (κ3) is 4.19. The maximum absolute atomic E-state index is 11.8. The van der Waals surface area contributed by atoms with Crippen LogP contribution < -0.4 is 10.6 Å². The lowest BCUT2D eigenvalue weighted by Gasteiger charge is -2.23. The molecule has 1 fully saturated rings. The number of carbonyl (C=O) groups is 1. The van der Waals surface area contributed by atoms with Crippen LogP contribution in [0.4, 0.5) is 0 Å². The van der Waals surface area contributed by atoms with Crippen LogP contribution >= 0.6 is 24.0 Å². The summed E-state index contributed by atoms with van der Waals surface area (Å²) in [5, 5.41) is 6.95. The Bertz CT molecular complexity index is 361. The van der Waals surface area contributed by atoms with Gasteiger partial charge in [0.05, 0.1) is 0 Å². The molecule has 0 unspecified atom stereocenters. The minimum absolute atomic E-state index is 0. The highest BCUT2D eigenvalue weighted by Gasteiger charge is 2.15. The molecule has 5 heteroatoms. The second kappa shape index (κ2) is 6.84. The fraction of sp³-hybridized carbons (Fsp3) is 0.417. The van der Waals surface area contributed by atoms with Crippen LogP contribution in [-0.2, 0) is 0 Å². The first-order valence-electron chi connectivity index (χ1n) is 5.53. The highest BCUT2D eigenvalue weighted by atomic mass is 35.5. The molecule has 1 aromatic carbocycles. The summed E-state index contributed by atoms with van der Waals surface area (Å²) in [7, 11) is 0. The van der Waals surface area contributed by atoms with E-state index in [1.165, 1.54) is 0 Å². The average Bonchev–Trinajstić information content (AvgIpc) is 2.31. The molecule has 3 nitrogen and oxygen atoms in total. The van der Waals surface area contributed by atoms with Crippen molar-refractivity contribution >= 4 is 29.9 Å². The molecule has 0 saturated carbocycles. The number of rotatable bonds is 2. The maximum atomic E-state index is 11.8. The van der Waals surface area contributed by atoms with Crippen LogP contribution in [0.5, 0.6) is 0 Å². The Hall–Kier alpha value is -0.770. The molecule has 2 rings (SSSR count). The molecule has 0 radical (unpaired) electrons. The van der Waals surface area contributed by atoms with E-state index in [1.807, 2.05) is 0 Å². The standard InChI is InChI=1S/C12H15ClN2O.ClH/c13-10-3-1-9(2-4-10)12(16)15-11-5-7-14-8-6-11;/h1-4,11,14H,5-8H2,(H,15,16);1H. The van der Waals surface area contributed by atoms with E-state index in [0.717, 1.165) is 25.9 Å². The van der Waals surface area contributed by atoms with Crippen LogP contribution in [0.3, 0.4) is 0 Å². The smallest absolute Gasteiger partial charge is 0.251 e. The number of amides is 1. The maximum Gasteiger partial charge on any atom is 0.251 e. The van der Waals surface area contributed by atoms with Gasteiger partial charge in [-0.1, -0.05) is 11.6 Å². The Morgan fingerprint density at radius 2 is 1.82 bits per heavy atom. The first kappa shape index (κ1) is 14.3. The molecule has 2 N–H and O–H groups in total. The molecule has 0 atom stereocenters. The predicted octanol–water partition coefficient (Wildman–Crippen LogP) is 2.24. The van der Waals surface area contributed by atoms with E-state index in [4.69, 9.17) is 11.6 Å². The van der Waals surface area contributed by atoms with Crippen molar-refractivity contribution in [2.75, 3.05) is 13.1 Å². The van der Waals surface area contributed by atoms with Gasteiger partial charge in [-0.3, -0.25) is 4.79 Å². The number of halogens is 2. The van der Waals surface area contributed by atoms with E-state index < -0.39 is 0 Å². The number of carbonyl (C=O) groups excluding carboxylic acids is 1. The third-order valence-corrected chi connectivity index (χ3v) is 3.03. The molecule has 1 aliphatic rings. The van der Waals surface area contributed by atoms with E-state index in [-0.39, 0.29) is 18.3 Å². The Balaban J connectivity index is 0.00000144. The van der Waals surface area contributed by atoms with Gasteiger partial charge in [-0.25, -0.2) is 0 Å². The number of benzene rings is 1. The van der Waals surface area contributed by atoms with Crippen LogP contribution in [0.2, 0.25) is 5.02 Å². The lowest BCUT2D eigenvalue weighted by molar-refractivity contribution is 0.0929. The van der Waals surface area contributed by atoms with E-state index in [2.05, 4.69) is 10.6 Å². The van der Waals surface area contributed by atoms with Crippen molar-refractivity contribution < 1.29 is 4.79 Å². The Kier molecular flexibility index (Phi) is 5.75. The molecule has 0 spiro atoms. The van der Waals surface area contributed by atoms with Gasteiger partial charge >= 0.3 is 0 Å². The van der Waals surface area contributed by atoms with Crippen molar-refractivity contribution in [2.45, 2.75) is 18.9 Å².